The van der Waals surface area contributed by atoms with E-state index in [1.165, 1.54) is 4.31 Å². The van der Waals surface area contributed by atoms with Gasteiger partial charge in [0, 0.05) is 17.7 Å². The number of hydrogen-bond donors (Lipinski definition) is 0. The Bertz CT molecular complexity index is 577. The van der Waals surface area contributed by atoms with Crippen LogP contribution in [0.15, 0.2) is 11.9 Å². The fraction of sp³-hybridized carbons (Fsp3) is 0.786. The van der Waals surface area contributed by atoms with E-state index < -0.39 is 27.3 Å². The van der Waals surface area contributed by atoms with Gasteiger partial charge in [0.05, 0.1) is 5.70 Å². The van der Waals surface area contributed by atoms with Crippen molar-refractivity contribution in [3.05, 3.63) is 11.9 Å². The van der Waals surface area contributed by atoms with E-state index in [1.54, 1.807) is 27.0 Å². The number of rotatable bonds is 1. The summed E-state index contributed by atoms with van der Waals surface area (Å²) in [6.45, 7) is 10.8. The summed E-state index contributed by atoms with van der Waals surface area (Å²) in [5.74, 6) is 0. The van der Waals surface area contributed by atoms with Crippen molar-refractivity contribution in [2.24, 2.45) is 5.41 Å². The molecule has 120 valence electrons. The predicted molar refractivity (Wildman–Crippen MR) is 79.4 cm³/mol. The Balaban J connectivity index is 2.40. The molecule has 2 aliphatic rings. The molecule has 1 saturated carbocycles. The zero-order valence-corrected chi connectivity index (χ0v) is 14.3. The van der Waals surface area contributed by atoms with Crippen LogP contribution < -0.4 is 0 Å². The van der Waals surface area contributed by atoms with Crippen LogP contribution in [0.5, 0.6) is 0 Å². The van der Waals surface area contributed by atoms with E-state index in [1.807, 2.05) is 20.8 Å². The maximum absolute atomic E-state index is 12.7. The van der Waals surface area contributed by atoms with Crippen molar-refractivity contribution in [3.63, 3.8) is 0 Å². The van der Waals surface area contributed by atoms with E-state index in [2.05, 4.69) is 0 Å². The lowest BCUT2D eigenvalue weighted by atomic mass is 9.92. The molecule has 0 saturated heterocycles. The summed E-state index contributed by atoms with van der Waals surface area (Å²) in [6.07, 6.45) is 2.40. The van der Waals surface area contributed by atoms with Crippen LogP contribution in [0.2, 0.25) is 0 Å². The predicted octanol–water partition coefficient (Wildman–Crippen LogP) is 2.83. The molecule has 0 unspecified atom stereocenters. The van der Waals surface area contributed by atoms with Crippen molar-refractivity contribution >= 4 is 16.3 Å². The second-order valence-corrected chi connectivity index (χ2v) is 9.26. The molecular formula is C14H24N2O4S. The van der Waals surface area contributed by atoms with Crippen LogP contribution in [-0.2, 0) is 14.9 Å². The SMILES string of the molecule is CC(C)(C)OC(=O)N1C(C(C)(C)C)=CN(C2CC2)S1(=O)=O. The maximum Gasteiger partial charge on any atom is 0.430 e. The largest absolute Gasteiger partial charge is 0.443 e. The molecule has 0 aromatic rings. The normalized spacial score (nSPS) is 22.3. The summed E-state index contributed by atoms with van der Waals surface area (Å²) in [4.78, 5) is 12.4. The van der Waals surface area contributed by atoms with Gasteiger partial charge in [-0.2, -0.15) is 12.7 Å². The van der Waals surface area contributed by atoms with E-state index in [0.717, 1.165) is 17.1 Å². The molecule has 2 rings (SSSR count). The molecule has 6 nitrogen and oxygen atoms in total. The topological polar surface area (TPSA) is 66.9 Å². The minimum atomic E-state index is -3.87. The highest BCUT2D eigenvalue weighted by atomic mass is 32.2. The molecule has 0 atom stereocenters. The van der Waals surface area contributed by atoms with Gasteiger partial charge in [0.25, 0.3) is 0 Å². The molecule has 0 bridgehead atoms. The Kier molecular flexibility index (Phi) is 3.56. The third-order valence-electron chi connectivity index (χ3n) is 3.20. The van der Waals surface area contributed by atoms with Crippen LogP contribution in [0, 0.1) is 5.41 Å². The van der Waals surface area contributed by atoms with E-state index in [9.17, 15) is 13.2 Å². The van der Waals surface area contributed by atoms with Gasteiger partial charge >= 0.3 is 16.3 Å². The molecule has 1 amide bonds. The Hall–Kier alpha value is -1.24. The summed E-state index contributed by atoms with van der Waals surface area (Å²) in [6, 6.07) is -0.0280. The summed E-state index contributed by atoms with van der Waals surface area (Å²) in [5, 5.41) is 0. The number of carbonyl (C=O) groups is 1. The van der Waals surface area contributed by atoms with Gasteiger partial charge < -0.3 is 4.74 Å². The number of hydrogen-bond acceptors (Lipinski definition) is 4. The van der Waals surface area contributed by atoms with Crippen LogP contribution in [0.3, 0.4) is 0 Å². The minimum Gasteiger partial charge on any atom is -0.443 e. The number of ether oxygens (including phenoxy) is 1. The second-order valence-electron chi connectivity index (χ2n) is 7.58. The van der Waals surface area contributed by atoms with Crippen molar-refractivity contribution < 1.29 is 17.9 Å². The highest BCUT2D eigenvalue weighted by Gasteiger charge is 2.50. The van der Waals surface area contributed by atoms with Crippen LogP contribution in [0.25, 0.3) is 0 Å². The smallest absolute Gasteiger partial charge is 0.430 e. The first-order chi connectivity index (χ1) is 9.34. The molecule has 0 aromatic carbocycles. The molecular weight excluding hydrogens is 292 g/mol. The van der Waals surface area contributed by atoms with E-state index in [-0.39, 0.29) is 6.04 Å². The van der Waals surface area contributed by atoms with Crippen LogP contribution in [-0.4, -0.2) is 34.8 Å². The molecule has 1 aliphatic heterocycles. The third kappa shape index (κ3) is 3.17. The summed E-state index contributed by atoms with van der Waals surface area (Å²) in [7, 11) is -3.87. The van der Waals surface area contributed by atoms with E-state index >= 15 is 0 Å². The lowest BCUT2D eigenvalue weighted by Gasteiger charge is -2.30. The number of amides is 1. The van der Waals surface area contributed by atoms with E-state index in [0.29, 0.717) is 5.70 Å². The summed E-state index contributed by atoms with van der Waals surface area (Å²) in [5.41, 5.74) is -0.778. The second kappa shape index (κ2) is 4.63. The number of allylic oxidation sites excluding steroid dienone is 1. The first-order valence-corrected chi connectivity index (χ1v) is 8.53. The fourth-order valence-corrected chi connectivity index (χ4v) is 3.88. The standard InChI is InChI=1S/C14H24N2O4S/c1-13(2,3)11-9-15(10-7-8-10)21(18,19)16(11)12(17)20-14(4,5)6/h9-10H,7-8H2,1-6H3. The Morgan fingerprint density at radius 1 is 1.19 bits per heavy atom. The van der Waals surface area contributed by atoms with Gasteiger partial charge in [0.1, 0.15) is 5.60 Å². The first kappa shape index (κ1) is 16.1. The van der Waals surface area contributed by atoms with Gasteiger partial charge in [0.2, 0.25) is 0 Å². The molecule has 1 heterocycles. The molecule has 21 heavy (non-hydrogen) atoms. The van der Waals surface area contributed by atoms with Crippen LogP contribution in [0.4, 0.5) is 4.79 Å². The van der Waals surface area contributed by atoms with Gasteiger partial charge in [-0.1, -0.05) is 20.8 Å². The quantitative estimate of drug-likeness (QED) is 0.746. The number of carbonyl (C=O) groups excluding carboxylic acids is 1. The van der Waals surface area contributed by atoms with Crippen molar-refractivity contribution in [3.8, 4) is 0 Å². The average molecular weight is 316 g/mol. The van der Waals surface area contributed by atoms with E-state index in [4.69, 9.17) is 4.74 Å². The fourth-order valence-electron chi connectivity index (χ4n) is 2.08. The zero-order chi connectivity index (χ0) is 16.2. The maximum atomic E-state index is 12.7. The summed E-state index contributed by atoms with van der Waals surface area (Å²) < 4.78 is 32.7. The van der Waals surface area contributed by atoms with Gasteiger partial charge in [-0.3, -0.25) is 4.31 Å². The highest BCUT2D eigenvalue weighted by Crippen LogP contribution is 2.42. The van der Waals surface area contributed by atoms with Gasteiger partial charge in [-0.05, 0) is 33.6 Å². The first-order valence-electron chi connectivity index (χ1n) is 7.13. The van der Waals surface area contributed by atoms with Crippen molar-refractivity contribution in [1.82, 2.24) is 8.61 Å². The minimum absolute atomic E-state index is 0.0280. The van der Waals surface area contributed by atoms with Crippen LogP contribution >= 0.6 is 0 Å². The molecule has 7 heteroatoms. The molecule has 0 N–H and O–H groups in total. The summed E-state index contributed by atoms with van der Waals surface area (Å²) >= 11 is 0. The Labute approximate surface area is 126 Å². The Morgan fingerprint density at radius 2 is 1.71 bits per heavy atom. The van der Waals surface area contributed by atoms with Crippen molar-refractivity contribution in [2.45, 2.75) is 66.0 Å². The zero-order valence-electron chi connectivity index (χ0n) is 13.5. The molecule has 1 fully saturated rings. The number of nitrogens with zero attached hydrogens (tertiary/aromatic N) is 2. The van der Waals surface area contributed by atoms with Gasteiger partial charge in [-0.15, -0.1) is 0 Å². The molecule has 0 spiro atoms. The highest BCUT2D eigenvalue weighted by molar-refractivity contribution is 7.87. The van der Waals surface area contributed by atoms with Crippen molar-refractivity contribution in [1.29, 1.82) is 0 Å². The van der Waals surface area contributed by atoms with Gasteiger partial charge in [0.15, 0.2) is 0 Å². The lowest BCUT2D eigenvalue weighted by molar-refractivity contribution is 0.0410. The Morgan fingerprint density at radius 3 is 2.10 bits per heavy atom. The van der Waals surface area contributed by atoms with Gasteiger partial charge in [-0.25, -0.2) is 4.79 Å². The monoisotopic (exact) mass is 316 g/mol. The molecule has 0 aromatic heterocycles. The van der Waals surface area contributed by atoms with Crippen molar-refractivity contribution in [2.75, 3.05) is 0 Å². The average Bonchev–Trinajstić information content (AvgIpc) is 2.98. The van der Waals surface area contributed by atoms with Crippen LogP contribution in [0.1, 0.15) is 54.4 Å². The molecule has 0 radical (unpaired) electrons. The molecule has 1 aliphatic carbocycles. The lowest BCUT2D eigenvalue weighted by Crippen LogP contribution is -2.43. The third-order valence-corrected chi connectivity index (χ3v) is 4.94.